The van der Waals surface area contributed by atoms with Gasteiger partial charge in [-0.25, -0.2) is 0 Å². The molecule has 0 fully saturated rings. The van der Waals surface area contributed by atoms with Gasteiger partial charge in [0.05, 0.1) is 6.61 Å². The number of ether oxygens (including phenoxy) is 1. The monoisotopic (exact) mass is 341 g/mol. The van der Waals surface area contributed by atoms with E-state index in [9.17, 15) is 4.79 Å². The van der Waals surface area contributed by atoms with E-state index in [4.69, 9.17) is 4.74 Å². The molecule has 0 aliphatic heterocycles. The zero-order chi connectivity index (χ0) is 14.8. The number of esters is 1. The van der Waals surface area contributed by atoms with Crippen LogP contribution in [0.5, 0.6) is 0 Å². The lowest BCUT2D eigenvalue weighted by Crippen LogP contribution is -2.19. The summed E-state index contributed by atoms with van der Waals surface area (Å²) in [4.78, 5) is 13.5. The third kappa shape index (κ3) is 7.06. The van der Waals surface area contributed by atoms with Crippen LogP contribution in [0.2, 0.25) is 0 Å². The van der Waals surface area contributed by atoms with Crippen molar-refractivity contribution in [2.75, 3.05) is 20.2 Å². The minimum atomic E-state index is -0.0749. The molecule has 0 aliphatic rings. The van der Waals surface area contributed by atoms with Crippen molar-refractivity contribution < 1.29 is 9.53 Å². The van der Waals surface area contributed by atoms with Crippen molar-refractivity contribution in [3.8, 4) is 0 Å². The molecule has 1 aromatic rings. The van der Waals surface area contributed by atoms with Gasteiger partial charge in [0.15, 0.2) is 0 Å². The fourth-order valence-corrected chi connectivity index (χ4v) is 2.47. The molecule has 0 spiro atoms. The number of carbonyl (C=O) groups is 1. The van der Waals surface area contributed by atoms with Gasteiger partial charge < -0.3 is 9.64 Å². The zero-order valence-corrected chi connectivity index (χ0v) is 14.0. The third-order valence-corrected chi connectivity index (χ3v) is 3.90. The van der Waals surface area contributed by atoms with Gasteiger partial charge >= 0.3 is 5.97 Å². The number of hydrogen-bond donors (Lipinski definition) is 0. The fourth-order valence-electron chi connectivity index (χ4n) is 2.06. The lowest BCUT2D eigenvalue weighted by atomic mass is 10.1. The maximum atomic E-state index is 11.2. The zero-order valence-electron chi connectivity index (χ0n) is 12.4. The molecular formula is C16H24BrNO2. The summed E-state index contributed by atoms with van der Waals surface area (Å²) in [6.45, 7) is 4.31. The van der Waals surface area contributed by atoms with E-state index in [2.05, 4.69) is 46.1 Å². The van der Waals surface area contributed by atoms with E-state index in [-0.39, 0.29) is 5.97 Å². The van der Waals surface area contributed by atoms with Gasteiger partial charge in [0.1, 0.15) is 0 Å². The van der Waals surface area contributed by atoms with Gasteiger partial charge in [-0.1, -0.05) is 40.5 Å². The predicted molar refractivity (Wildman–Crippen MR) is 85.6 cm³/mol. The predicted octanol–water partition coefficient (Wildman–Crippen LogP) is 4.00. The summed E-state index contributed by atoms with van der Waals surface area (Å²) < 4.78 is 6.07. The van der Waals surface area contributed by atoms with Crippen molar-refractivity contribution in [2.45, 2.75) is 39.2 Å². The van der Waals surface area contributed by atoms with E-state index in [1.54, 1.807) is 0 Å². The van der Waals surface area contributed by atoms with Crippen molar-refractivity contribution in [3.63, 3.8) is 0 Å². The van der Waals surface area contributed by atoms with Crippen molar-refractivity contribution in [2.24, 2.45) is 0 Å². The van der Waals surface area contributed by atoms with Gasteiger partial charge in [0.2, 0.25) is 0 Å². The first-order valence-electron chi connectivity index (χ1n) is 7.21. The first-order valence-corrected chi connectivity index (χ1v) is 8.00. The molecule has 0 unspecified atom stereocenters. The van der Waals surface area contributed by atoms with Crippen LogP contribution in [-0.4, -0.2) is 31.1 Å². The van der Waals surface area contributed by atoms with Crippen molar-refractivity contribution in [1.82, 2.24) is 4.90 Å². The molecule has 4 heteroatoms. The molecule has 0 atom stereocenters. The standard InChI is InChI=1S/C16H24BrNO2/c1-3-20-16(19)11-5-4-8-12-18(2)13-14-9-6-7-10-15(14)17/h6-7,9-10H,3-5,8,11-13H2,1-2H3. The molecule has 3 nitrogen and oxygen atoms in total. The van der Waals surface area contributed by atoms with E-state index in [0.29, 0.717) is 13.0 Å². The summed E-state index contributed by atoms with van der Waals surface area (Å²) in [5.41, 5.74) is 1.31. The van der Waals surface area contributed by atoms with E-state index >= 15 is 0 Å². The third-order valence-electron chi connectivity index (χ3n) is 3.12. The SMILES string of the molecule is CCOC(=O)CCCCCN(C)Cc1ccccc1Br. The second-order valence-corrected chi connectivity index (χ2v) is 5.80. The molecule has 0 N–H and O–H groups in total. The Kier molecular flexibility index (Phi) is 8.54. The molecule has 0 aliphatic carbocycles. The van der Waals surface area contributed by atoms with Gasteiger partial charge in [-0.2, -0.15) is 0 Å². The summed E-state index contributed by atoms with van der Waals surface area (Å²) in [5, 5.41) is 0. The largest absolute Gasteiger partial charge is 0.466 e. The second kappa shape index (κ2) is 9.94. The Morgan fingerprint density at radius 1 is 1.25 bits per heavy atom. The highest BCUT2D eigenvalue weighted by molar-refractivity contribution is 9.10. The topological polar surface area (TPSA) is 29.5 Å². The maximum Gasteiger partial charge on any atom is 0.305 e. The smallest absolute Gasteiger partial charge is 0.305 e. The lowest BCUT2D eigenvalue weighted by molar-refractivity contribution is -0.143. The van der Waals surface area contributed by atoms with Crippen LogP contribution in [0, 0.1) is 0 Å². The van der Waals surface area contributed by atoms with Crippen LogP contribution in [-0.2, 0) is 16.1 Å². The lowest BCUT2D eigenvalue weighted by Gasteiger charge is -2.17. The molecular weight excluding hydrogens is 318 g/mol. The number of halogens is 1. The Morgan fingerprint density at radius 3 is 2.70 bits per heavy atom. The van der Waals surface area contributed by atoms with Gasteiger partial charge in [-0.3, -0.25) is 4.79 Å². The second-order valence-electron chi connectivity index (χ2n) is 4.94. The molecule has 112 valence electrons. The number of benzene rings is 1. The van der Waals surface area contributed by atoms with Crippen LogP contribution < -0.4 is 0 Å². The molecule has 20 heavy (non-hydrogen) atoms. The number of carbonyl (C=O) groups excluding carboxylic acids is 1. The van der Waals surface area contributed by atoms with Gasteiger partial charge in [0.25, 0.3) is 0 Å². The van der Waals surface area contributed by atoms with Gasteiger partial charge in [-0.05, 0) is 45.0 Å². The van der Waals surface area contributed by atoms with Crippen molar-refractivity contribution in [1.29, 1.82) is 0 Å². The molecule has 0 saturated heterocycles. The number of rotatable bonds is 9. The summed E-state index contributed by atoms with van der Waals surface area (Å²) in [7, 11) is 2.13. The maximum absolute atomic E-state index is 11.2. The van der Waals surface area contributed by atoms with Crippen LogP contribution in [0.25, 0.3) is 0 Å². The van der Waals surface area contributed by atoms with Crippen LogP contribution in [0.15, 0.2) is 28.7 Å². The number of nitrogens with zero attached hydrogens (tertiary/aromatic N) is 1. The molecule has 1 aromatic carbocycles. The van der Waals surface area contributed by atoms with E-state index in [1.165, 1.54) is 5.56 Å². The molecule has 0 saturated carbocycles. The Bertz CT molecular complexity index is 409. The van der Waals surface area contributed by atoms with Crippen LogP contribution in [0.4, 0.5) is 0 Å². The van der Waals surface area contributed by atoms with Crippen LogP contribution >= 0.6 is 15.9 Å². The number of unbranched alkanes of at least 4 members (excludes halogenated alkanes) is 2. The minimum absolute atomic E-state index is 0.0749. The first kappa shape index (κ1) is 17.2. The highest BCUT2D eigenvalue weighted by Crippen LogP contribution is 2.17. The highest BCUT2D eigenvalue weighted by atomic mass is 79.9. The average Bonchev–Trinajstić information content (AvgIpc) is 2.41. The summed E-state index contributed by atoms with van der Waals surface area (Å²) in [6, 6.07) is 8.31. The molecule has 0 aromatic heterocycles. The van der Waals surface area contributed by atoms with E-state index in [0.717, 1.165) is 36.8 Å². The molecule has 0 amide bonds. The highest BCUT2D eigenvalue weighted by Gasteiger charge is 2.04. The Morgan fingerprint density at radius 2 is 2.00 bits per heavy atom. The quantitative estimate of drug-likeness (QED) is 0.502. The Balaban J connectivity index is 2.13. The van der Waals surface area contributed by atoms with Crippen LogP contribution in [0.3, 0.4) is 0 Å². The summed E-state index contributed by atoms with van der Waals surface area (Å²) >= 11 is 3.57. The molecule has 0 heterocycles. The summed E-state index contributed by atoms with van der Waals surface area (Å²) in [6.07, 6.45) is 3.64. The molecule has 1 rings (SSSR count). The first-order chi connectivity index (χ1) is 9.63. The van der Waals surface area contributed by atoms with Gasteiger partial charge in [0, 0.05) is 17.4 Å². The van der Waals surface area contributed by atoms with E-state index < -0.39 is 0 Å². The van der Waals surface area contributed by atoms with Crippen molar-refractivity contribution >= 4 is 21.9 Å². The minimum Gasteiger partial charge on any atom is -0.466 e. The Hall–Kier alpha value is -0.870. The normalized spacial score (nSPS) is 10.8. The fraction of sp³-hybridized carbons (Fsp3) is 0.562. The average molecular weight is 342 g/mol. The van der Waals surface area contributed by atoms with E-state index in [1.807, 2.05) is 13.0 Å². The van der Waals surface area contributed by atoms with Crippen molar-refractivity contribution in [3.05, 3.63) is 34.3 Å². The summed E-state index contributed by atoms with van der Waals surface area (Å²) in [5.74, 6) is -0.0749. The molecule has 0 radical (unpaired) electrons. The van der Waals surface area contributed by atoms with Crippen LogP contribution in [0.1, 0.15) is 38.2 Å². The molecule has 0 bridgehead atoms. The van der Waals surface area contributed by atoms with Gasteiger partial charge in [-0.15, -0.1) is 0 Å². The number of hydrogen-bond acceptors (Lipinski definition) is 3. The Labute approximate surface area is 130 Å².